The molecule has 5 nitrogen and oxygen atoms in total. The van der Waals surface area contributed by atoms with Crippen LogP contribution < -0.4 is 10.6 Å². The van der Waals surface area contributed by atoms with Gasteiger partial charge in [-0.1, -0.05) is 20.3 Å². The van der Waals surface area contributed by atoms with Crippen molar-refractivity contribution in [1.82, 2.24) is 10.6 Å². The van der Waals surface area contributed by atoms with Gasteiger partial charge in [0.2, 0.25) is 0 Å². The number of hydrogen-bond acceptors (Lipinski definition) is 3. The summed E-state index contributed by atoms with van der Waals surface area (Å²) in [6.07, 6.45) is 5.79. The van der Waals surface area contributed by atoms with Gasteiger partial charge in [-0.2, -0.15) is 0 Å². The van der Waals surface area contributed by atoms with Crippen molar-refractivity contribution in [3.63, 3.8) is 0 Å². The Bertz CT molecular complexity index is 430. The summed E-state index contributed by atoms with van der Waals surface area (Å²) in [5.74, 6) is -0.0751. The van der Waals surface area contributed by atoms with Crippen molar-refractivity contribution in [2.75, 3.05) is 13.2 Å². The summed E-state index contributed by atoms with van der Waals surface area (Å²) in [6.45, 7) is 8.79. The Morgan fingerprint density at radius 3 is 2.33 bits per heavy atom. The molecule has 0 unspecified atom stereocenters. The average Bonchev–Trinajstić information content (AvgIpc) is 2.42. The highest BCUT2D eigenvalue weighted by Gasteiger charge is 2.39. The van der Waals surface area contributed by atoms with E-state index in [9.17, 15) is 9.59 Å². The molecule has 0 heterocycles. The summed E-state index contributed by atoms with van der Waals surface area (Å²) in [5, 5.41) is 5.70. The first-order valence-electron chi connectivity index (χ1n) is 7.57. The standard InChI is InChI=1S/C16H26N2O3/c1-5-7-8-17-15(20)18-16(21-9-6-2)12(3)10-14(19)11-13(16)4/h10-11H,5-9H2,1-4H3,(H2,17,18,20). The first-order valence-corrected chi connectivity index (χ1v) is 7.57. The molecule has 0 radical (unpaired) electrons. The minimum atomic E-state index is -1.01. The van der Waals surface area contributed by atoms with Crippen LogP contribution in [0.3, 0.4) is 0 Å². The molecule has 0 aromatic rings. The molecule has 0 saturated heterocycles. The minimum absolute atomic E-state index is 0.0751. The Kier molecular flexibility index (Phi) is 6.62. The zero-order valence-electron chi connectivity index (χ0n) is 13.4. The molecule has 118 valence electrons. The fraction of sp³-hybridized carbons (Fsp3) is 0.625. The topological polar surface area (TPSA) is 67.4 Å². The molecule has 2 N–H and O–H groups in total. The van der Waals surface area contributed by atoms with E-state index >= 15 is 0 Å². The van der Waals surface area contributed by atoms with E-state index in [2.05, 4.69) is 17.6 Å². The van der Waals surface area contributed by atoms with Gasteiger partial charge in [0, 0.05) is 13.2 Å². The van der Waals surface area contributed by atoms with Crippen molar-refractivity contribution in [1.29, 1.82) is 0 Å². The van der Waals surface area contributed by atoms with Crippen molar-refractivity contribution in [2.45, 2.75) is 52.7 Å². The predicted molar refractivity (Wildman–Crippen MR) is 82.9 cm³/mol. The van der Waals surface area contributed by atoms with Crippen LogP contribution in [0.25, 0.3) is 0 Å². The maximum atomic E-state index is 12.1. The lowest BCUT2D eigenvalue weighted by Gasteiger charge is -2.38. The van der Waals surface area contributed by atoms with E-state index < -0.39 is 5.72 Å². The van der Waals surface area contributed by atoms with Gasteiger partial charge in [-0.15, -0.1) is 0 Å². The fourth-order valence-electron chi connectivity index (χ4n) is 2.28. The maximum Gasteiger partial charge on any atom is 0.317 e. The normalized spacial score (nSPS) is 17.0. The Morgan fingerprint density at radius 1 is 1.19 bits per heavy atom. The highest BCUT2D eigenvalue weighted by molar-refractivity contribution is 6.02. The van der Waals surface area contributed by atoms with E-state index in [4.69, 9.17) is 4.74 Å². The summed E-state index contributed by atoms with van der Waals surface area (Å²) in [4.78, 5) is 23.7. The molecule has 1 aliphatic carbocycles. The molecule has 1 rings (SSSR count). The Hall–Kier alpha value is -1.62. The lowest BCUT2D eigenvalue weighted by molar-refractivity contribution is -0.111. The molecule has 1 aliphatic rings. The van der Waals surface area contributed by atoms with Gasteiger partial charge >= 0.3 is 6.03 Å². The number of ketones is 1. The first kappa shape index (κ1) is 17.4. The summed E-state index contributed by atoms with van der Waals surface area (Å²) in [5.41, 5.74) is 0.387. The second-order valence-electron chi connectivity index (χ2n) is 5.32. The van der Waals surface area contributed by atoms with Crippen LogP contribution in [0.2, 0.25) is 0 Å². The van der Waals surface area contributed by atoms with Gasteiger partial charge in [0.25, 0.3) is 0 Å². The number of ether oxygens (including phenoxy) is 1. The van der Waals surface area contributed by atoms with Gasteiger partial charge in [-0.05, 0) is 50.0 Å². The molecule has 0 aromatic heterocycles. The Balaban J connectivity index is 2.89. The van der Waals surface area contributed by atoms with E-state index in [1.54, 1.807) is 13.8 Å². The quantitative estimate of drug-likeness (QED) is 0.560. The maximum absolute atomic E-state index is 12.1. The first-order chi connectivity index (χ1) is 9.96. The zero-order chi connectivity index (χ0) is 15.9. The predicted octanol–water partition coefficient (Wildman–Crippen LogP) is 2.68. The summed E-state index contributed by atoms with van der Waals surface area (Å²) in [6, 6.07) is -0.283. The number of urea groups is 1. The number of nitrogens with one attached hydrogen (secondary N) is 2. The third-order valence-corrected chi connectivity index (χ3v) is 3.46. The van der Waals surface area contributed by atoms with Crippen LogP contribution in [-0.2, 0) is 9.53 Å². The molecule has 0 atom stereocenters. The van der Waals surface area contributed by atoms with Crippen LogP contribution in [0.4, 0.5) is 4.79 Å². The molecular formula is C16H26N2O3. The van der Waals surface area contributed by atoms with E-state index in [1.807, 2.05) is 6.92 Å². The SMILES string of the molecule is CCCCNC(=O)NC1(OCCC)C(C)=CC(=O)C=C1C. The van der Waals surface area contributed by atoms with Gasteiger partial charge in [-0.25, -0.2) is 4.79 Å². The summed E-state index contributed by atoms with van der Waals surface area (Å²) in [7, 11) is 0. The van der Waals surface area contributed by atoms with E-state index in [0.29, 0.717) is 24.3 Å². The number of unbranched alkanes of at least 4 members (excludes halogenated alkanes) is 1. The second kappa shape index (κ2) is 7.98. The second-order valence-corrected chi connectivity index (χ2v) is 5.32. The number of carbonyl (C=O) groups is 2. The highest BCUT2D eigenvalue weighted by Crippen LogP contribution is 2.30. The monoisotopic (exact) mass is 294 g/mol. The number of carbonyl (C=O) groups excluding carboxylic acids is 2. The molecule has 0 bridgehead atoms. The van der Waals surface area contributed by atoms with Gasteiger partial charge in [-0.3, -0.25) is 4.79 Å². The van der Waals surface area contributed by atoms with Crippen LogP contribution in [0.15, 0.2) is 23.3 Å². The van der Waals surface area contributed by atoms with E-state index in [1.165, 1.54) is 12.2 Å². The van der Waals surface area contributed by atoms with Crippen molar-refractivity contribution in [3.8, 4) is 0 Å². The number of allylic oxidation sites excluding steroid dienone is 2. The van der Waals surface area contributed by atoms with Crippen molar-refractivity contribution in [3.05, 3.63) is 23.3 Å². The fourth-order valence-corrected chi connectivity index (χ4v) is 2.28. The molecule has 0 aromatic carbocycles. The molecular weight excluding hydrogens is 268 g/mol. The van der Waals surface area contributed by atoms with Crippen LogP contribution in [-0.4, -0.2) is 30.7 Å². The van der Waals surface area contributed by atoms with E-state index in [-0.39, 0.29) is 11.8 Å². The third kappa shape index (κ3) is 4.43. The lowest BCUT2D eigenvalue weighted by Crippen LogP contribution is -2.56. The molecule has 0 saturated carbocycles. The minimum Gasteiger partial charge on any atom is -0.348 e. The molecule has 2 amide bonds. The number of hydrogen-bond donors (Lipinski definition) is 2. The number of rotatable bonds is 7. The molecule has 0 fully saturated rings. The van der Waals surface area contributed by atoms with Crippen molar-refractivity contribution in [2.24, 2.45) is 0 Å². The zero-order valence-corrected chi connectivity index (χ0v) is 13.4. The van der Waals surface area contributed by atoms with Crippen LogP contribution in [0.1, 0.15) is 47.0 Å². The van der Waals surface area contributed by atoms with Gasteiger partial charge in [0.05, 0.1) is 0 Å². The summed E-state index contributed by atoms with van der Waals surface area (Å²) < 4.78 is 5.91. The van der Waals surface area contributed by atoms with Gasteiger partial charge in [0.1, 0.15) is 0 Å². The average molecular weight is 294 g/mol. The van der Waals surface area contributed by atoms with Gasteiger partial charge < -0.3 is 15.4 Å². The molecule has 21 heavy (non-hydrogen) atoms. The summed E-state index contributed by atoms with van der Waals surface area (Å²) >= 11 is 0. The number of amides is 2. The molecule has 0 spiro atoms. The van der Waals surface area contributed by atoms with Gasteiger partial charge in [0.15, 0.2) is 11.5 Å². The Labute approximate surface area is 126 Å². The van der Waals surface area contributed by atoms with Crippen LogP contribution >= 0.6 is 0 Å². The third-order valence-electron chi connectivity index (χ3n) is 3.46. The smallest absolute Gasteiger partial charge is 0.317 e. The van der Waals surface area contributed by atoms with Crippen LogP contribution in [0, 0.1) is 0 Å². The molecule has 5 heteroatoms. The van der Waals surface area contributed by atoms with Crippen molar-refractivity contribution >= 4 is 11.8 Å². The Morgan fingerprint density at radius 2 is 1.81 bits per heavy atom. The highest BCUT2D eigenvalue weighted by atomic mass is 16.5. The molecule has 0 aliphatic heterocycles. The van der Waals surface area contributed by atoms with Crippen LogP contribution in [0.5, 0.6) is 0 Å². The van der Waals surface area contributed by atoms with E-state index in [0.717, 1.165) is 19.3 Å². The lowest BCUT2D eigenvalue weighted by atomic mass is 9.89. The largest absolute Gasteiger partial charge is 0.348 e. The van der Waals surface area contributed by atoms with Crippen molar-refractivity contribution < 1.29 is 14.3 Å².